The smallest absolute Gasteiger partial charge is 0.133 e. The van der Waals surface area contributed by atoms with Crippen molar-refractivity contribution < 1.29 is 9.47 Å². The van der Waals surface area contributed by atoms with Crippen LogP contribution in [0.5, 0.6) is 5.75 Å². The molecule has 1 unspecified atom stereocenters. The molecule has 0 saturated heterocycles. The molecular weight excluding hydrogens is 306 g/mol. The first-order valence-electron chi connectivity index (χ1n) is 6.58. The molecule has 0 bridgehead atoms. The van der Waals surface area contributed by atoms with Crippen LogP contribution in [-0.2, 0) is 11.2 Å². The number of hydrogen-bond acceptors (Lipinski definition) is 3. The van der Waals surface area contributed by atoms with Gasteiger partial charge >= 0.3 is 0 Å². The first-order valence-corrected chi connectivity index (χ1v) is 7.37. The Labute approximate surface area is 124 Å². The number of benzene rings is 1. The largest absolute Gasteiger partial charge is 0.496 e. The molecule has 0 amide bonds. The molecule has 1 atom stereocenters. The quantitative estimate of drug-likeness (QED) is 0.831. The second kappa shape index (κ2) is 7.27. The highest BCUT2D eigenvalue weighted by molar-refractivity contribution is 9.10. The summed E-state index contributed by atoms with van der Waals surface area (Å²) in [7, 11) is 3.65. The fourth-order valence-corrected chi connectivity index (χ4v) is 2.83. The lowest BCUT2D eigenvalue weighted by Gasteiger charge is -2.34. The lowest BCUT2D eigenvalue weighted by atomic mass is 9.92. The van der Waals surface area contributed by atoms with Gasteiger partial charge in [-0.05, 0) is 67.9 Å². The zero-order valence-electron chi connectivity index (χ0n) is 12.4. The average molecular weight is 330 g/mol. The number of halogens is 1. The Bertz CT molecular complexity index is 407. The molecule has 1 rings (SSSR count). The Morgan fingerprint density at radius 3 is 2.53 bits per heavy atom. The normalized spacial score (nSPS) is 13.4. The molecule has 1 aromatic rings. The molecule has 0 saturated carbocycles. The van der Waals surface area contributed by atoms with Gasteiger partial charge in [-0.25, -0.2) is 0 Å². The summed E-state index contributed by atoms with van der Waals surface area (Å²) < 4.78 is 12.1. The van der Waals surface area contributed by atoms with E-state index in [0.717, 1.165) is 23.2 Å². The van der Waals surface area contributed by atoms with E-state index in [2.05, 4.69) is 47.2 Å². The monoisotopic (exact) mass is 329 g/mol. The Kier molecular flexibility index (Phi) is 6.30. The molecular formula is C15H24BrNO2. The predicted octanol–water partition coefficient (Wildman–Crippen LogP) is 3.40. The molecule has 0 heterocycles. The van der Waals surface area contributed by atoms with Gasteiger partial charge in [-0.15, -0.1) is 0 Å². The van der Waals surface area contributed by atoms with Gasteiger partial charge in [-0.3, -0.25) is 0 Å². The van der Waals surface area contributed by atoms with Gasteiger partial charge in [0.05, 0.1) is 17.2 Å². The van der Waals surface area contributed by atoms with Gasteiger partial charge in [0.2, 0.25) is 0 Å². The van der Waals surface area contributed by atoms with Crippen molar-refractivity contribution in [2.75, 3.05) is 20.8 Å². The fraction of sp³-hybridized carbons (Fsp3) is 0.600. The first kappa shape index (κ1) is 16.5. The van der Waals surface area contributed by atoms with Gasteiger partial charge in [0, 0.05) is 12.6 Å². The molecule has 1 N–H and O–H groups in total. The molecule has 108 valence electrons. The second-order valence-corrected chi connectivity index (χ2v) is 5.91. The molecule has 0 aromatic heterocycles. The maximum Gasteiger partial charge on any atom is 0.133 e. The average Bonchev–Trinajstić information content (AvgIpc) is 2.35. The maximum absolute atomic E-state index is 5.83. The van der Waals surface area contributed by atoms with Crippen LogP contribution in [0.3, 0.4) is 0 Å². The molecule has 3 nitrogen and oxygen atoms in total. The molecule has 1 aromatic carbocycles. The van der Waals surface area contributed by atoms with Crippen molar-refractivity contribution in [2.45, 2.75) is 38.8 Å². The van der Waals surface area contributed by atoms with E-state index in [1.165, 1.54) is 5.56 Å². The van der Waals surface area contributed by atoms with E-state index in [1.807, 2.05) is 20.0 Å². The number of hydrogen-bond donors (Lipinski definition) is 1. The fourth-order valence-electron chi connectivity index (χ4n) is 2.24. The summed E-state index contributed by atoms with van der Waals surface area (Å²) >= 11 is 3.52. The Hall–Kier alpha value is -0.580. The molecule has 0 aliphatic carbocycles. The third-order valence-corrected chi connectivity index (χ3v) is 3.98. The van der Waals surface area contributed by atoms with Gasteiger partial charge < -0.3 is 14.8 Å². The maximum atomic E-state index is 5.83. The van der Waals surface area contributed by atoms with Crippen molar-refractivity contribution in [1.82, 2.24) is 5.32 Å². The lowest BCUT2D eigenvalue weighted by molar-refractivity contribution is -0.0363. The number of likely N-dealkylation sites (N-methyl/N-ethyl adjacent to an activating group) is 1. The minimum Gasteiger partial charge on any atom is -0.496 e. The highest BCUT2D eigenvalue weighted by Crippen LogP contribution is 2.27. The molecule has 19 heavy (non-hydrogen) atoms. The standard InChI is InChI=1S/C15H24BrNO2/c1-6-19-15(2,3)14(17-4)10-11-7-8-13(18-5)12(16)9-11/h7-9,14,17H,6,10H2,1-5H3. The van der Waals surface area contributed by atoms with Gasteiger partial charge in [-0.2, -0.15) is 0 Å². The van der Waals surface area contributed by atoms with E-state index in [1.54, 1.807) is 7.11 Å². The van der Waals surface area contributed by atoms with Crippen molar-refractivity contribution in [2.24, 2.45) is 0 Å². The van der Waals surface area contributed by atoms with Crippen LogP contribution in [-0.4, -0.2) is 32.4 Å². The van der Waals surface area contributed by atoms with E-state index < -0.39 is 0 Å². The van der Waals surface area contributed by atoms with Crippen LogP contribution in [0.25, 0.3) is 0 Å². The van der Waals surface area contributed by atoms with Gasteiger partial charge in [0.25, 0.3) is 0 Å². The third kappa shape index (κ3) is 4.48. The number of ether oxygens (including phenoxy) is 2. The number of rotatable bonds is 7. The van der Waals surface area contributed by atoms with Crippen molar-refractivity contribution >= 4 is 15.9 Å². The van der Waals surface area contributed by atoms with E-state index >= 15 is 0 Å². The van der Waals surface area contributed by atoms with Crippen LogP contribution in [0.4, 0.5) is 0 Å². The molecule has 0 aliphatic heterocycles. The summed E-state index contributed by atoms with van der Waals surface area (Å²) in [5.41, 5.74) is 1.05. The first-order chi connectivity index (χ1) is 8.94. The lowest BCUT2D eigenvalue weighted by Crippen LogP contribution is -2.48. The number of methoxy groups -OCH3 is 1. The topological polar surface area (TPSA) is 30.5 Å². The predicted molar refractivity (Wildman–Crippen MR) is 83.0 cm³/mol. The summed E-state index contributed by atoms with van der Waals surface area (Å²) in [6.45, 7) is 6.99. The van der Waals surface area contributed by atoms with E-state index in [0.29, 0.717) is 0 Å². The highest BCUT2D eigenvalue weighted by Gasteiger charge is 2.28. The third-order valence-electron chi connectivity index (χ3n) is 3.36. The van der Waals surface area contributed by atoms with Crippen LogP contribution in [0.1, 0.15) is 26.3 Å². The van der Waals surface area contributed by atoms with Crippen molar-refractivity contribution in [3.63, 3.8) is 0 Å². The Morgan fingerprint density at radius 2 is 2.05 bits per heavy atom. The van der Waals surface area contributed by atoms with Crippen LogP contribution >= 0.6 is 15.9 Å². The SMILES string of the molecule is CCOC(C)(C)C(Cc1ccc(OC)c(Br)c1)NC. The summed E-state index contributed by atoms with van der Waals surface area (Å²) in [6, 6.07) is 6.44. The van der Waals surface area contributed by atoms with Gasteiger partial charge in [0.15, 0.2) is 0 Å². The minimum absolute atomic E-state index is 0.199. The molecule has 0 radical (unpaired) electrons. The second-order valence-electron chi connectivity index (χ2n) is 5.05. The van der Waals surface area contributed by atoms with Crippen LogP contribution < -0.4 is 10.1 Å². The molecule has 0 aliphatic rings. The zero-order valence-corrected chi connectivity index (χ0v) is 14.0. The summed E-state index contributed by atoms with van der Waals surface area (Å²) in [5.74, 6) is 0.855. The van der Waals surface area contributed by atoms with E-state index in [-0.39, 0.29) is 11.6 Å². The molecule has 4 heteroatoms. The zero-order chi connectivity index (χ0) is 14.5. The van der Waals surface area contributed by atoms with Gasteiger partial charge in [-0.1, -0.05) is 6.07 Å². The Balaban J connectivity index is 2.84. The molecule has 0 fully saturated rings. The van der Waals surface area contributed by atoms with Crippen molar-refractivity contribution in [1.29, 1.82) is 0 Å². The van der Waals surface area contributed by atoms with Gasteiger partial charge in [0.1, 0.15) is 5.75 Å². The van der Waals surface area contributed by atoms with Crippen molar-refractivity contribution in [3.05, 3.63) is 28.2 Å². The summed E-state index contributed by atoms with van der Waals surface area (Å²) in [6.07, 6.45) is 0.909. The number of nitrogens with one attached hydrogen (secondary N) is 1. The summed E-state index contributed by atoms with van der Waals surface area (Å²) in [4.78, 5) is 0. The highest BCUT2D eigenvalue weighted by atomic mass is 79.9. The minimum atomic E-state index is -0.199. The van der Waals surface area contributed by atoms with E-state index in [9.17, 15) is 0 Å². The van der Waals surface area contributed by atoms with Crippen LogP contribution in [0, 0.1) is 0 Å². The van der Waals surface area contributed by atoms with E-state index in [4.69, 9.17) is 9.47 Å². The van der Waals surface area contributed by atoms with Crippen LogP contribution in [0.15, 0.2) is 22.7 Å². The Morgan fingerprint density at radius 1 is 1.37 bits per heavy atom. The molecule has 0 spiro atoms. The van der Waals surface area contributed by atoms with Crippen molar-refractivity contribution in [3.8, 4) is 5.75 Å². The van der Waals surface area contributed by atoms with Crippen LogP contribution in [0.2, 0.25) is 0 Å². The summed E-state index contributed by atoms with van der Waals surface area (Å²) in [5, 5.41) is 3.35.